The molecule has 0 aliphatic heterocycles. The third kappa shape index (κ3) is 5.08. The molecular formula is C20H19F2N3O4S. The highest BCUT2D eigenvalue weighted by atomic mass is 32.2. The number of sulfonamides is 1. The molecule has 3 rings (SSSR count). The molecule has 0 aliphatic rings. The summed E-state index contributed by atoms with van der Waals surface area (Å²) in [5.74, 6) is -1.71. The lowest BCUT2D eigenvalue weighted by Gasteiger charge is -2.14. The van der Waals surface area contributed by atoms with Gasteiger partial charge in [-0.25, -0.2) is 27.3 Å². The third-order valence-electron chi connectivity index (χ3n) is 4.41. The lowest BCUT2D eigenvalue weighted by Crippen LogP contribution is -2.26. The molecule has 1 amide bonds. The number of primary sulfonamides is 1. The predicted octanol–water partition coefficient (Wildman–Crippen LogP) is 3.08. The summed E-state index contributed by atoms with van der Waals surface area (Å²) < 4.78 is 55.6. The number of oxazole rings is 1. The van der Waals surface area contributed by atoms with Crippen LogP contribution in [0.15, 0.2) is 58.0 Å². The van der Waals surface area contributed by atoms with E-state index >= 15 is 0 Å². The molecule has 0 fully saturated rings. The quantitative estimate of drug-likeness (QED) is 0.592. The van der Waals surface area contributed by atoms with Crippen molar-refractivity contribution in [2.75, 3.05) is 0 Å². The highest BCUT2D eigenvalue weighted by Crippen LogP contribution is 2.26. The Hall–Kier alpha value is -3.11. The van der Waals surface area contributed by atoms with Gasteiger partial charge in [0.1, 0.15) is 11.6 Å². The van der Waals surface area contributed by atoms with Crippen LogP contribution in [0.4, 0.5) is 8.78 Å². The molecule has 0 radical (unpaired) electrons. The number of nitrogens with one attached hydrogen (secondary N) is 1. The Kier molecular flexibility index (Phi) is 6.28. The van der Waals surface area contributed by atoms with Crippen molar-refractivity contribution in [2.24, 2.45) is 5.14 Å². The Morgan fingerprint density at radius 3 is 2.40 bits per heavy atom. The first-order chi connectivity index (χ1) is 14.1. The minimum atomic E-state index is -3.78. The molecular weight excluding hydrogens is 416 g/mol. The van der Waals surface area contributed by atoms with E-state index in [1.165, 1.54) is 24.4 Å². The number of carbonyl (C=O) groups excluding carboxylic acids is 1. The summed E-state index contributed by atoms with van der Waals surface area (Å²) in [6, 6.07) is 8.96. The van der Waals surface area contributed by atoms with E-state index in [0.717, 1.165) is 12.1 Å². The Labute approximate surface area is 172 Å². The molecule has 0 aliphatic carbocycles. The molecule has 30 heavy (non-hydrogen) atoms. The summed E-state index contributed by atoms with van der Waals surface area (Å²) in [5, 5.41) is 7.83. The van der Waals surface area contributed by atoms with E-state index < -0.39 is 21.7 Å². The Bertz CT molecular complexity index is 1140. The van der Waals surface area contributed by atoms with Crippen LogP contribution in [0.5, 0.6) is 0 Å². The fourth-order valence-electron chi connectivity index (χ4n) is 2.84. The lowest BCUT2D eigenvalue weighted by molar-refractivity contribution is -0.121. The van der Waals surface area contributed by atoms with Crippen LogP contribution >= 0.6 is 0 Å². The number of aromatic nitrogens is 1. The van der Waals surface area contributed by atoms with E-state index in [1.54, 1.807) is 19.1 Å². The largest absolute Gasteiger partial charge is 0.441 e. The second kappa shape index (κ2) is 8.72. The smallest absolute Gasteiger partial charge is 0.238 e. The van der Waals surface area contributed by atoms with E-state index in [-0.39, 0.29) is 46.9 Å². The maximum atomic E-state index is 13.8. The molecule has 0 saturated heterocycles. The van der Waals surface area contributed by atoms with E-state index in [9.17, 15) is 22.0 Å². The van der Waals surface area contributed by atoms with Crippen molar-refractivity contribution in [2.45, 2.75) is 30.7 Å². The van der Waals surface area contributed by atoms with Gasteiger partial charge in [0.25, 0.3) is 0 Å². The van der Waals surface area contributed by atoms with Gasteiger partial charge in [0.05, 0.1) is 22.7 Å². The normalized spacial score (nSPS) is 12.5. The zero-order valence-electron chi connectivity index (χ0n) is 15.9. The van der Waals surface area contributed by atoms with Gasteiger partial charge in [-0.3, -0.25) is 4.79 Å². The number of rotatable bonds is 7. The van der Waals surface area contributed by atoms with Gasteiger partial charge in [-0.1, -0.05) is 18.2 Å². The standard InChI is InChI=1S/C20H19F2N3O4S/c1-12(13-5-7-14(8-6-13)30(23,27)28)25-18(26)9-10-19-24-11-17(29-19)20-15(21)3-2-4-16(20)22/h2-8,11-12H,9-10H2,1H3,(H,25,26)(H2,23,27,28)/t12-/m1/s1. The summed E-state index contributed by atoms with van der Waals surface area (Å²) in [4.78, 5) is 16.1. The average molecular weight is 435 g/mol. The van der Waals surface area contributed by atoms with Crippen LogP contribution in [-0.2, 0) is 21.2 Å². The molecule has 0 bridgehead atoms. The molecule has 1 aromatic heterocycles. The van der Waals surface area contributed by atoms with Crippen LogP contribution < -0.4 is 10.5 Å². The molecule has 158 valence electrons. The SMILES string of the molecule is C[C@@H](NC(=O)CCc1ncc(-c2c(F)cccc2F)o1)c1ccc(S(N)(=O)=O)cc1. The zero-order valence-corrected chi connectivity index (χ0v) is 16.7. The molecule has 7 nitrogen and oxygen atoms in total. The molecule has 1 heterocycles. The van der Waals surface area contributed by atoms with Crippen LogP contribution in [0.1, 0.15) is 30.8 Å². The molecule has 0 saturated carbocycles. The summed E-state index contributed by atoms with van der Waals surface area (Å²) >= 11 is 0. The minimum absolute atomic E-state index is 0.0178. The molecule has 2 aromatic carbocycles. The van der Waals surface area contributed by atoms with Crippen LogP contribution in [0, 0.1) is 11.6 Å². The minimum Gasteiger partial charge on any atom is -0.441 e. The van der Waals surface area contributed by atoms with Crippen molar-refractivity contribution in [3.8, 4) is 11.3 Å². The molecule has 0 spiro atoms. The number of nitrogens with two attached hydrogens (primary N) is 1. The first kappa shape index (κ1) is 21.6. The number of amides is 1. The van der Waals surface area contributed by atoms with Crippen molar-refractivity contribution in [3.05, 3.63) is 71.8 Å². The van der Waals surface area contributed by atoms with Gasteiger partial charge < -0.3 is 9.73 Å². The topological polar surface area (TPSA) is 115 Å². The van der Waals surface area contributed by atoms with E-state index in [1.807, 2.05) is 0 Å². The van der Waals surface area contributed by atoms with Gasteiger partial charge in [0.15, 0.2) is 11.7 Å². The van der Waals surface area contributed by atoms with Gasteiger partial charge >= 0.3 is 0 Å². The molecule has 0 unspecified atom stereocenters. The summed E-state index contributed by atoms with van der Waals surface area (Å²) in [6.45, 7) is 1.74. The highest BCUT2D eigenvalue weighted by Gasteiger charge is 2.17. The van der Waals surface area contributed by atoms with E-state index in [2.05, 4.69) is 10.3 Å². The Balaban J connectivity index is 1.58. The molecule has 3 aromatic rings. The molecule has 10 heteroatoms. The summed E-state index contributed by atoms with van der Waals surface area (Å²) in [5.41, 5.74) is 0.390. The summed E-state index contributed by atoms with van der Waals surface area (Å²) in [6.07, 6.45) is 1.39. The van der Waals surface area contributed by atoms with Gasteiger partial charge in [0, 0.05) is 12.8 Å². The predicted molar refractivity (Wildman–Crippen MR) is 105 cm³/mol. The zero-order chi connectivity index (χ0) is 21.9. The van der Waals surface area contributed by atoms with E-state index in [0.29, 0.717) is 5.56 Å². The number of hydrogen-bond acceptors (Lipinski definition) is 5. The van der Waals surface area contributed by atoms with Crippen LogP contribution in [0.25, 0.3) is 11.3 Å². The fraction of sp³-hybridized carbons (Fsp3) is 0.200. The van der Waals surface area contributed by atoms with Crippen molar-refractivity contribution in [1.29, 1.82) is 0 Å². The Morgan fingerprint density at radius 2 is 1.80 bits per heavy atom. The maximum Gasteiger partial charge on any atom is 0.238 e. The van der Waals surface area contributed by atoms with Gasteiger partial charge in [-0.05, 0) is 36.8 Å². The van der Waals surface area contributed by atoms with Crippen molar-refractivity contribution in [3.63, 3.8) is 0 Å². The highest BCUT2D eigenvalue weighted by molar-refractivity contribution is 7.89. The van der Waals surface area contributed by atoms with Crippen molar-refractivity contribution >= 4 is 15.9 Å². The molecule has 3 N–H and O–H groups in total. The van der Waals surface area contributed by atoms with Gasteiger partial charge in [-0.2, -0.15) is 0 Å². The van der Waals surface area contributed by atoms with E-state index in [4.69, 9.17) is 9.56 Å². The average Bonchev–Trinajstić information content (AvgIpc) is 3.14. The van der Waals surface area contributed by atoms with Crippen LogP contribution in [0.3, 0.4) is 0 Å². The fourth-order valence-corrected chi connectivity index (χ4v) is 3.35. The Morgan fingerprint density at radius 1 is 1.17 bits per heavy atom. The second-order valence-electron chi connectivity index (χ2n) is 6.62. The van der Waals surface area contributed by atoms with Crippen molar-refractivity contribution in [1.82, 2.24) is 10.3 Å². The number of benzene rings is 2. The van der Waals surface area contributed by atoms with Crippen LogP contribution in [-0.4, -0.2) is 19.3 Å². The third-order valence-corrected chi connectivity index (χ3v) is 5.34. The second-order valence-corrected chi connectivity index (χ2v) is 8.18. The lowest BCUT2D eigenvalue weighted by atomic mass is 10.1. The summed E-state index contributed by atoms with van der Waals surface area (Å²) in [7, 11) is -3.78. The number of aryl methyl sites for hydroxylation is 1. The van der Waals surface area contributed by atoms with Crippen LogP contribution in [0.2, 0.25) is 0 Å². The number of nitrogens with zero attached hydrogens (tertiary/aromatic N) is 1. The van der Waals surface area contributed by atoms with Crippen molar-refractivity contribution < 1.29 is 26.4 Å². The maximum absolute atomic E-state index is 13.8. The number of hydrogen-bond donors (Lipinski definition) is 2. The monoisotopic (exact) mass is 435 g/mol. The first-order valence-electron chi connectivity index (χ1n) is 8.96. The van der Waals surface area contributed by atoms with Gasteiger partial charge in [0.2, 0.25) is 15.9 Å². The van der Waals surface area contributed by atoms with Gasteiger partial charge in [-0.15, -0.1) is 0 Å². The number of halogens is 2. The first-order valence-corrected chi connectivity index (χ1v) is 10.5. The molecule has 1 atom stereocenters. The number of carbonyl (C=O) groups is 1.